The van der Waals surface area contributed by atoms with E-state index in [4.69, 9.17) is 20.0 Å². The van der Waals surface area contributed by atoms with Gasteiger partial charge in [0.05, 0.1) is 12.1 Å². The Balaban J connectivity index is -0.0000000865. The number of nitrogens with zero attached hydrogens (tertiary/aromatic N) is 2. The fourth-order valence-electron chi connectivity index (χ4n) is 1.41. The maximum absolute atomic E-state index is 8.68. The summed E-state index contributed by atoms with van der Waals surface area (Å²) < 4.78 is 7.50. The molecule has 1 fully saturated rings. The van der Waals surface area contributed by atoms with Crippen molar-refractivity contribution in [3.63, 3.8) is 0 Å². The second-order valence-electron chi connectivity index (χ2n) is 8.05. The van der Waals surface area contributed by atoms with Crippen molar-refractivity contribution in [1.29, 1.82) is 10.5 Å². The summed E-state index contributed by atoms with van der Waals surface area (Å²) in [5.74, 6) is 7.34. The van der Waals surface area contributed by atoms with Gasteiger partial charge in [-0.25, -0.2) is 0 Å². The molecule has 28 heavy (non-hydrogen) atoms. The third-order valence-electron chi connectivity index (χ3n) is 3.48. The van der Waals surface area contributed by atoms with E-state index in [1.54, 1.807) is 0 Å². The number of hydrogen-bond acceptors (Lipinski definition) is 3. The molecule has 1 rings (SSSR count). The van der Waals surface area contributed by atoms with Crippen LogP contribution in [-0.2, 0) is 30.5 Å². The Morgan fingerprint density at radius 1 is 0.714 bits per heavy atom. The molecule has 5 radical (unpaired) electrons. The molecule has 0 spiro atoms. The van der Waals surface area contributed by atoms with Crippen LogP contribution < -0.4 is 0 Å². The molecule has 0 bridgehead atoms. The second kappa shape index (κ2) is 19.4. The van der Waals surface area contributed by atoms with Crippen LogP contribution in [0.3, 0.4) is 0 Å². The molecule has 5 heteroatoms. The van der Waals surface area contributed by atoms with Crippen molar-refractivity contribution < 1.29 is 30.5 Å². The van der Waals surface area contributed by atoms with Gasteiger partial charge in [-0.05, 0) is 71.1 Å². The Bertz CT molecular complexity index is 407. The van der Waals surface area contributed by atoms with E-state index in [-0.39, 0.29) is 31.9 Å². The van der Waals surface area contributed by atoms with Crippen molar-refractivity contribution in [1.82, 2.24) is 0 Å². The molecule has 1 saturated carbocycles. The molecular weight excluding hydrogens is 520 g/mol. The monoisotopic (exact) mass is 556 g/mol. The Hall–Kier alpha value is -0.922. The van der Waals surface area contributed by atoms with Crippen LogP contribution in [0.2, 0.25) is 0 Å². The van der Waals surface area contributed by atoms with Gasteiger partial charge in [0.15, 0.2) is 0 Å². The van der Waals surface area contributed by atoms with E-state index in [1.807, 2.05) is 41.5 Å². The molecule has 155 valence electrons. The molecule has 0 aromatic rings. The topological polar surface area (TPSA) is 84.6 Å². The van der Waals surface area contributed by atoms with Gasteiger partial charge in [0.25, 0.3) is 0 Å². The molecule has 0 aromatic heterocycles. The van der Waals surface area contributed by atoms with Crippen LogP contribution in [0.4, 0.5) is 0 Å². The van der Waals surface area contributed by atoms with Gasteiger partial charge in [0, 0.05) is 10.8 Å². The minimum Gasteiger partial charge on any atom is 2.00 e. The minimum atomic E-state index is -0.153. The molecule has 4 nitrogen and oxygen atoms in total. The summed E-state index contributed by atoms with van der Waals surface area (Å²) >= 11 is 0. The largest absolute Gasteiger partial charge is 2.00 e. The molecular formula is C23H36N2O2W+. The van der Waals surface area contributed by atoms with E-state index in [0.29, 0.717) is 0 Å². The van der Waals surface area contributed by atoms with Gasteiger partial charge >= 0.3 is 32.4 Å². The smallest absolute Gasteiger partial charge is 2.00 e. The van der Waals surface area contributed by atoms with Gasteiger partial charge in [-0.3, -0.25) is 6.29 Å². The van der Waals surface area contributed by atoms with Gasteiger partial charge in [-0.15, -0.1) is 0 Å². The van der Waals surface area contributed by atoms with Crippen LogP contribution in [0.5, 0.6) is 0 Å². The molecule has 0 N–H and O–H groups in total. The third kappa shape index (κ3) is 23.1. The predicted molar refractivity (Wildman–Crippen MR) is 110 cm³/mol. The summed E-state index contributed by atoms with van der Waals surface area (Å²) in [5.41, 5.74) is -0.306. The summed E-state index contributed by atoms with van der Waals surface area (Å²) in [6, 6.07) is 4.21. The van der Waals surface area contributed by atoms with Gasteiger partial charge in [0.2, 0.25) is 0 Å². The summed E-state index contributed by atoms with van der Waals surface area (Å²) in [6.07, 6.45) is 1.50. The van der Waals surface area contributed by atoms with E-state index in [9.17, 15) is 0 Å². The Kier molecular flexibility index (Phi) is 26.2. The van der Waals surface area contributed by atoms with E-state index in [1.165, 1.54) is 42.8 Å². The van der Waals surface area contributed by atoms with Gasteiger partial charge in [0.1, 0.15) is 0 Å². The van der Waals surface area contributed by atoms with E-state index >= 15 is 0 Å². The van der Waals surface area contributed by atoms with Crippen LogP contribution in [-0.4, -0.2) is 6.29 Å². The molecule has 0 saturated heterocycles. The normalized spacial score (nSPS) is 15.1. The number of carbonyl (C=O) groups excluding carboxylic acids is 1. The molecule has 0 heterocycles. The van der Waals surface area contributed by atoms with E-state index < -0.39 is 0 Å². The standard InChI is InChI=1S/C10H15.2C5H9N.C2H3O.CO.W/c1-6-7(2)9(4)10(5)8(6)3;2*1-5(2,3)4-6;1-2-3;1-2;/h1-5H3;2*1-3H3;1H3;;/q;;;-1;;+2. The van der Waals surface area contributed by atoms with Crippen LogP contribution >= 0.6 is 0 Å². The second-order valence-corrected chi connectivity index (χ2v) is 8.05. The maximum atomic E-state index is 8.68. The average molecular weight is 556 g/mol. The molecule has 0 amide bonds. The SMILES string of the molecule is CC(C)(C)C#N.CC(C)(C)C#N.C[C-]=O.C[C]1[C](C)[C](C)[C](C)[C]1C.[C-]#[O+].[W+2]. The Morgan fingerprint density at radius 3 is 0.821 bits per heavy atom. The zero-order chi connectivity index (χ0) is 23.0. The van der Waals surface area contributed by atoms with Gasteiger partial charge in [-0.1, -0.05) is 34.6 Å². The van der Waals surface area contributed by atoms with Crippen molar-refractivity contribution in [3.8, 4) is 12.1 Å². The van der Waals surface area contributed by atoms with Crippen LogP contribution in [0.15, 0.2) is 0 Å². The maximum Gasteiger partial charge on any atom is 2.00 e. The van der Waals surface area contributed by atoms with Crippen molar-refractivity contribution >= 4 is 6.29 Å². The molecule has 0 unspecified atom stereocenters. The zero-order valence-corrected chi connectivity index (χ0v) is 22.6. The summed E-state index contributed by atoms with van der Waals surface area (Å²) in [4.78, 5) is 8.68. The van der Waals surface area contributed by atoms with Gasteiger partial charge < -0.3 is 4.79 Å². The van der Waals surface area contributed by atoms with Crippen LogP contribution in [0.25, 0.3) is 0 Å². The van der Waals surface area contributed by atoms with Crippen molar-refractivity contribution in [2.45, 2.75) is 83.1 Å². The van der Waals surface area contributed by atoms with Crippen molar-refractivity contribution in [3.05, 3.63) is 36.2 Å². The number of rotatable bonds is 0. The molecule has 0 aromatic carbocycles. The fourth-order valence-corrected chi connectivity index (χ4v) is 1.41. The Morgan fingerprint density at radius 2 is 0.786 bits per heavy atom. The molecule has 0 aliphatic heterocycles. The fraction of sp³-hybridized carbons (Fsp3) is 0.609. The van der Waals surface area contributed by atoms with Crippen molar-refractivity contribution in [2.24, 2.45) is 10.8 Å². The van der Waals surface area contributed by atoms with Crippen molar-refractivity contribution in [2.75, 3.05) is 0 Å². The van der Waals surface area contributed by atoms with Crippen LogP contribution in [0.1, 0.15) is 83.1 Å². The molecule has 0 atom stereocenters. The minimum absolute atomic E-state index is 0. The van der Waals surface area contributed by atoms with E-state index in [0.717, 1.165) is 0 Å². The first-order valence-corrected chi connectivity index (χ1v) is 8.61. The van der Waals surface area contributed by atoms with E-state index in [2.05, 4.69) is 53.4 Å². The quantitative estimate of drug-likeness (QED) is 0.265. The Labute approximate surface area is 189 Å². The third-order valence-corrected chi connectivity index (χ3v) is 3.48. The average Bonchev–Trinajstić information content (AvgIpc) is 2.75. The summed E-state index contributed by atoms with van der Waals surface area (Å²) in [5, 5.41) is 16.3. The van der Waals surface area contributed by atoms with Crippen LogP contribution in [0, 0.1) is 69.7 Å². The predicted octanol–water partition coefficient (Wildman–Crippen LogP) is 6.16. The van der Waals surface area contributed by atoms with Gasteiger partial charge in [-0.2, -0.15) is 17.4 Å². The summed E-state index contributed by atoms with van der Waals surface area (Å²) in [7, 11) is 0. The zero-order valence-electron chi connectivity index (χ0n) is 19.6. The first kappa shape index (κ1) is 37.8. The first-order chi connectivity index (χ1) is 12.1. The molecule has 1 aliphatic rings. The molecule has 1 aliphatic carbocycles. The summed E-state index contributed by atoms with van der Waals surface area (Å²) in [6.45, 7) is 28.1. The number of hydrogen-bond donors (Lipinski definition) is 0. The first-order valence-electron chi connectivity index (χ1n) is 8.61. The number of nitriles is 2.